The quantitative estimate of drug-likeness (QED) is 0.440. The van der Waals surface area contributed by atoms with Crippen LogP contribution < -0.4 is 5.32 Å². The molecule has 2 fully saturated rings. The Morgan fingerprint density at radius 2 is 2.06 bits per heavy atom. The molecule has 1 amide bonds. The number of aryl methyl sites for hydroxylation is 1. The standard InChI is InChI=1S/C24H23FN8O2/c1-13-7-18(25)17(10-21(13)32-11-20(26-12-32)14-5-6-14)24(35)28-22-4-2-3-19(27-22)23-29-30-31-33(23)15-8-16(34)9-15/h2-4,7,10-12,14-16,34H,5-6,8-9H2,1H3,(H,27,28,35)/t15-,16+. The molecule has 0 spiro atoms. The normalized spacial score (nSPS) is 19.4. The molecule has 11 heteroatoms. The number of imidazole rings is 1. The van der Waals surface area contributed by atoms with Gasteiger partial charge in [0.05, 0.1) is 35.4 Å². The average molecular weight is 475 g/mol. The number of aliphatic hydroxyl groups is 1. The Bertz CT molecular complexity index is 1420. The van der Waals surface area contributed by atoms with Gasteiger partial charge in [0.1, 0.15) is 17.3 Å². The summed E-state index contributed by atoms with van der Waals surface area (Å²) in [5.41, 5.74) is 2.78. The fourth-order valence-electron chi connectivity index (χ4n) is 4.35. The van der Waals surface area contributed by atoms with Gasteiger partial charge in [-0.3, -0.25) is 4.79 Å². The highest BCUT2D eigenvalue weighted by molar-refractivity contribution is 6.04. The first-order chi connectivity index (χ1) is 17.0. The zero-order valence-corrected chi connectivity index (χ0v) is 19.0. The third-order valence-corrected chi connectivity index (χ3v) is 6.55. The number of anilines is 1. The minimum absolute atomic E-state index is 0.00118. The van der Waals surface area contributed by atoms with Gasteiger partial charge in [-0.25, -0.2) is 19.0 Å². The molecule has 0 radical (unpaired) electrons. The van der Waals surface area contributed by atoms with Crippen LogP contribution in [0.25, 0.3) is 17.2 Å². The molecule has 0 unspecified atom stereocenters. The lowest BCUT2D eigenvalue weighted by atomic mass is 9.89. The summed E-state index contributed by atoms with van der Waals surface area (Å²) >= 11 is 0. The van der Waals surface area contributed by atoms with Crippen LogP contribution in [0.4, 0.5) is 10.2 Å². The van der Waals surface area contributed by atoms with Crippen molar-refractivity contribution in [1.82, 2.24) is 34.7 Å². The molecule has 2 saturated carbocycles. The van der Waals surface area contributed by atoms with E-state index < -0.39 is 11.7 Å². The van der Waals surface area contributed by atoms with E-state index in [1.807, 2.05) is 10.8 Å². The molecule has 0 aliphatic heterocycles. The van der Waals surface area contributed by atoms with Crippen LogP contribution in [-0.2, 0) is 0 Å². The first-order valence-electron chi connectivity index (χ1n) is 11.6. The fourth-order valence-corrected chi connectivity index (χ4v) is 4.35. The molecule has 3 aromatic heterocycles. The zero-order chi connectivity index (χ0) is 24.1. The third-order valence-electron chi connectivity index (χ3n) is 6.55. The second kappa shape index (κ2) is 8.35. The summed E-state index contributed by atoms with van der Waals surface area (Å²) in [5, 5.41) is 24.1. The summed E-state index contributed by atoms with van der Waals surface area (Å²) in [6.07, 6.45) is 6.70. The van der Waals surface area contributed by atoms with E-state index in [0.29, 0.717) is 41.5 Å². The van der Waals surface area contributed by atoms with Crippen molar-refractivity contribution >= 4 is 11.7 Å². The van der Waals surface area contributed by atoms with Crippen molar-refractivity contribution in [3.63, 3.8) is 0 Å². The van der Waals surface area contributed by atoms with Crippen LogP contribution in [0.2, 0.25) is 0 Å². The van der Waals surface area contributed by atoms with E-state index in [1.165, 1.54) is 12.1 Å². The highest BCUT2D eigenvalue weighted by Crippen LogP contribution is 2.39. The fraction of sp³-hybridized carbons (Fsp3) is 0.333. The summed E-state index contributed by atoms with van der Waals surface area (Å²) < 4.78 is 18.3. The topological polar surface area (TPSA) is 124 Å². The number of carbonyl (C=O) groups excluding carboxylic acids is 1. The highest BCUT2D eigenvalue weighted by atomic mass is 19.1. The van der Waals surface area contributed by atoms with E-state index in [2.05, 4.69) is 30.8 Å². The Morgan fingerprint density at radius 3 is 2.83 bits per heavy atom. The number of carbonyl (C=O) groups is 1. The number of nitrogens with zero attached hydrogens (tertiary/aromatic N) is 7. The van der Waals surface area contributed by atoms with Gasteiger partial charge in [-0.1, -0.05) is 6.07 Å². The third kappa shape index (κ3) is 4.08. The summed E-state index contributed by atoms with van der Waals surface area (Å²) in [5.74, 6) is -0.0507. The highest BCUT2D eigenvalue weighted by Gasteiger charge is 2.32. The number of amides is 1. The van der Waals surface area contributed by atoms with E-state index >= 15 is 0 Å². The minimum Gasteiger partial charge on any atom is -0.393 e. The Kier molecular flexibility index (Phi) is 5.14. The van der Waals surface area contributed by atoms with Crippen molar-refractivity contribution in [3.05, 3.63) is 65.5 Å². The minimum atomic E-state index is -0.616. The molecular weight excluding hydrogens is 451 g/mol. The van der Waals surface area contributed by atoms with Gasteiger partial charge in [-0.05, 0) is 72.9 Å². The molecule has 4 aromatic rings. The van der Waals surface area contributed by atoms with Crippen molar-refractivity contribution in [2.24, 2.45) is 0 Å². The molecule has 35 heavy (non-hydrogen) atoms. The molecule has 3 heterocycles. The molecule has 10 nitrogen and oxygen atoms in total. The number of pyridine rings is 1. The largest absolute Gasteiger partial charge is 0.393 e. The van der Waals surface area contributed by atoms with Crippen molar-refractivity contribution in [2.75, 3.05) is 5.32 Å². The molecule has 0 saturated heterocycles. The number of nitrogens with one attached hydrogen (secondary N) is 1. The van der Waals surface area contributed by atoms with E-state index in [0.717, 1.165) is 18.5 Å². The maximum Gasteiger partial charge on any atom is 0.259 e. The number of hydrogen-bond donors (Lipinski definition) is 2. The number of benzene rings is 1. The van der Waals surface area contributed by atoms with Crippen LogP contribution in [0.5, 0.6) is 0 Å². The Hall–Kier alpha value is -3.99. The van der Waals surface area contributed by atoms with Crippen molar-refractivity contribution in [3.8, 4) is 17.2 Å². The maximum atomic E-state index is 14.8. The molecule has 2 aliphatic rings. The molecular formula is C24H23FN8O2. The van der Waals surface area contributed by atoms with Gasteiger partial charge in [0.2, 0.25) is 5.82 Å². The van der Waals surface area contributed by atoms with Gasteiger partial charge in [-0.2, -0.15) is 0 Å². The van der Waals surface area contributed by atoms with Crippen LogP contribution in [0.1, 0.15) is 59.3 Å². The number of rotatable bonds is 6. The van der Waals surface area contributed by atoms with Gasteiger partial charge >= 0.3 is 0 Å². The van der Waals surface area contributed by atoms with Gasteiger partial charge in [0, 0.05) is 12.1 Å². The summed E-state index contributed by atoms with van der Waals surface area (Å²) in [6, 6.07) is 7.95. The Morgan fingerprint density at radius 1 is 1.23 bits per heavy atom. The smallest absolute Gasteiger partial charge is 0.259 e. The number of hydrogen-bond acceptors (Lipinski definition) is 7. The summed E-state index contributed by atoms with van der Waals surface area (Å²) in [4.78, 5) is 21.9. The number of tetrazole rings is 1. The van der Waals surface area contributed by atoms with Crippen LogP contribution in [0.3, 0.4) is 0 Å². The molecule has 0 atom stereocenters. The van der Waals surface area contributed by atoms with E-state index in [4.69, 9.17) is 0 Å². The lowest BCUT2D eigenvalue weighted by molar-refractivity contribution is 0.0433. The van der Waals surface area contributed by atoms with Crippen LogP contribution in [-0.4, -0.2) is 51.9 Å². The van der Waals surface area contributed by atoms with Gasteiger partial charge in [0.15, 0.2) is 0 Å². The lowest BCUT2D eigenvalue weighted by Crippen LogP contribution is -2.32. The molecule has 1 aromatic carbocycles. The molecule has 178 valence electrons. The maximum absolute atomic E-state index is 14.8. The van der Waals surface area contributed by atoms with E-state index in [1.54, 1.807) is 36.1 Å². The molecule has 0 bridgehead atoms. The zero-order valence-electron chi connectivity index (χ0n) is 19.0. The lowest BCUT2D eigenvalue weighted by Gasteiger charge is -2.31. The SMILES string of the molecule is Cc1cc(F)c(C(=O)Nc2cccc(-c3nnnn3[C@H]3C[C@@H](O)C3)n2)cc1-n1cnc(C2CC2)c1. The number of halogens is 1. The van der Waals surface area contributed by atoms with Gasteiger partial charge in [-0.15, -0.1) is 5.10 Å². The second-order valence-electron chi connectivity index (χ2n) is 9.19. The van der Waals surface area contributed by atoms with Gasteiger partial charge < -0.3 is 15.0 Å². The van der Waals surface area contributed by atoms with E-state index in [9.17, 15) is 14.3 Å². The van der Waals surface area contributed by atoms with Crippen molar-refractivity contribution in [1.29, 1.82) is 0 Å². The van der Waals surface area contributed by atoms with Crippen molar-refractivity contribution in [2.45, 2.75) is 50.7 Å². The predicted octanol–water partition coefficient (Wildman–Crippen LogP) is 3.19. The number of aliphatic hydroxyl groups excluding tert-OH is 1. The summed E-state index contributed by atoms with van der Waals surface area (Å²) in [7, 11) is 0. The van der Waals surface area contributed by atoms with Gasteiger partial charge in [0.25, 0.3) is 5.91 Å². The Balaban J connectivity index is 1.25. The van der Waals surface area contributed by atoms with Crippen molar-refractivity contribution < 1.29 is 14.3 Å². The first-order valence-corrected chi connectivity index (χ1v) is 11.6. The second-order valence-corrected chi connectivity index (χ2v) is 9.19. The average Bonchev–Trinajstić information content (AvgIpc) is 3.35. The first kappa shape index (κ1) is 21.5. The van der Waals surface area contributed by atoms with Crippen LogP contribution in [0.15, 0.2) is 42.9 Å². The number of aromatic nitrogens is 7. The Labute approximate surface area is 199 Å². The molecule has 2 aliphatic carbocycles. The monoisotopic (exact) mass is 474 g/mol. The van der Waals surface area contributed by atoms with E-state index in [-0.39, 0.29) is 23.5 Å². The van der Waals surface area contributed by atoms with Crippen LogP contribution in [0, 0.1) is 12.7 Å². The molecule has 6 rings (SSSR count). The van der Waals surface area contributed by atoms with Crippen LogP contribution >= 0.6 is 0 Å². The predicted molar refractivity (Wildman–Crippen MR) is 124 cm³/mol. The summed E-state index contributed by atoms with van der Waals surface area (Å²) in [6.45, 7) is 1.80. The molecule has 2 N–H and O–H groups in total.